The van der Waals surface area contributed by atoms with Crippen molar-refractivity contribution in [2.45, 2.75) is 39.7 Å². The molecular formula is C13H26N2O2. The number of carbonyl (C=O) groups excluding carboxylic acids is 1. The lowest BCUT2D eigenvalue weighted by Crippen LogP contribution is -2.42. The number of amides is 1. The number of nitrogens with one attached hydrogen (secondary N) is 1. The van der Waals surface area contributed by atoms with Crippen molar-refractivity contribution >= 4 is 5.91 Å². The third-order valence-electron chi connectivity index (χ3n) is 3.40. The van der Waals surface area contributed by atoms with Gasteiger partial charge in [0, 0.05) is 19.2 Å². The van der Waals surface area contributed by atoms with Crippen LogP contribution in [0.2, 0.25) is 0 Å². The van der Waals surface area contributed by atoms with Crippen molar-refractivity contribution in [1.82, 2.24) is 10.2 Å². The summed E-state index contributed by atoms with van der Waals surface area (Å²) in [6.07, 6.45) is 2.38. The average Bonchev–Trinajstić information content (AvgIpc) is 2.34. The number of likely N-dealkylation sites (tertiary alicyclic amines) is 1. The molecule has 1 fully saturated rings. The smallest absolute Gasteiger partial charge is 0.246 e. The summed E-state index contributed by atoms with van der Waals surface area (Å²) in [5.41, 5.74) is 0. The summed E-state index contributed by atoms with van der Waals surface area (Å²) >= 11 is 0. The van der Waals surface area contributed by atoms with Crippen LogP contribution in [-0.4, -0.2) is 49.7 Å². The maximum Gasteiger partial charge on any atom is 0.246 e. The van der Waals surface area contributed by atoms with Gasteiger partial charge in [0.2, 0.25) is 5.91 Å². The Balaban J connectivity index is 2.12. The van der Waals surface area contributed by atoms with E-state index in [-0.39, 0.29) is 12.5 Å². The number of nitrogens with zero attached hydrogens (tertiary/aromatic N) is 1. The van der Waals surface area contributed by atoms with Crippen LogP contribution in [0.5, 0.6) is 0 Å². The molecule has 1 amide bonds. The molecule has 100 valence electrons. The highest BCUT2D eigenvalue weighted by atomic mass is 16.5. The summed E-state index contributed by atoms with van der Waals surface area (Å²) in [5.74, 6) is 0.647. The Kier molecular flexibility index (Phi) is 6.52. The van der Waals surface area contributed by atoms with Crippen LogP contribution < -0.4 is 5.32 Å². The Hall–Kier alpha value is -0.610. The summed E-state index contributed by atoms with van der Waals surface area (Å²) in [6, 6.07) is 0.642. The second-order valence-electron chi connectivity index (χ2n) is 5.01. The van der Waals surface area contributed by atoms with Crippen molar-refractivity contribution in [2.24, 2.45) is 5.92 Å². The summed E-state index contributed by atoms with van der Waals surface area (Å²) in [6.45, 7) is 10.3. The summed E-state index contributed by atoms with van der Waals surface area (Å²) in [5, 5.41) is 2.95. The van der Waals surface area contributed by atoms with Crippen molar-refractivity contribution < 1.29 is 9.53 Å². The molecule has 1 aliphatic heterocycles. The van der Waals surface area contributed by atoms with E-state index in [0.717, 1.165) is 19.6 Å². The largest absolute Gasteiger partial charge is 0.372 e. The molecule has 0 aromatic carbocycles. The topological polar surface area (TPSA) is 41.6 Å². The van der Waals surface area contributed by atoms with E-state index in [1.165, 1.54) is 12.8 Å². The summed E-state index contributed by atoms with van der Waals surface area (Å²) < 4.78 is 5.06. The lowest BCUT2D eigenvalue weighted by molar-refractivity contribution is -0.125. The molecule has 0 unspecified atom stereocenters. The molecule has 0 atom stereocenters. The first-order valence-electron chi connectivity index (χ1n) is 6.72. The van der Waals surface area contributed by atoms with E-state index >= 15 is 0 Å². The van der Waals surface area contributed by atoms with Gasteiger partial charge in [0.25, 0.3) is 0 Å². The standard InChI is InChI=1S/C13H26N2O2/c1-4-17-10-13(16)14-9-12-5-7-15(8-6-12)11(2)3/h11-12H,4-10H2,1-3H3,(H,14,16). The number of hydrogen-bond donors (Lipinski definition) is 1. The SMILES string of the molecule is CCOCC(=O)NCC1CCN(C(C)C)CC1. The lowest BCUT2D eigenvalue weighted by Gasteiger charge is -2.34. The normalized spacial score (nSPS) is 18.6. The Morgan fingerprint density at radius 2 is 2.06 bits per heavy atom. The van der Waals surface area contributed by atoms with Gasteiger partial charge in [-0.1, -0.05) is 0 Å². The van der Waals surface area contributed by atoms with Gasteiger partial charge in [-0.15, -0.1) is 0 Å². The number of carbonyl (C=O) groups is 1. The van der Waals surface area contributed by atoms with Gasteiger partial charge in [-0.25, -0.2) is 0 Å². The Morgan fingerprint density at radius 3 is 2.59 bits per heavy atom. The Morgan fingerprint density at radius 1 is 1.41 bits per heavy atom. The summed E-state index contributed by atoms with van der Waals surface area (Å²) in [7, 11) is 0. The maximum atomic E-state index is 11.4. The van der Waals surface area contributed by atoms with E-state index < -0.39 is 0 Å². The molecule has 1 rings (SSSR count). The molecule has 0 aromatic rings. The zero-order chi connectivity index (χ0) is 12.7. The van der Waals surface area contributed by atoms with Gasteiger partial charge in [0.1, 0.15) is 6.61 Å². The predicted octanol–water partition coefficient (Wildman–Crippen LogP) is 1.26. The van der Waals surface area contributed by atoms with Crippen LogP contribution >= 0.6 is 0 Å². The molecule has 0 aromatic heterocycles. The maximum absolute atomic E-state index is 11.4. The molecule has 1 aliphatic rings. The van der Waals surface area contributed by atoms with Gasteiger partial charge in [-0.3, -0.25) is 4.79 Å². The quantitative estimate of drug-likeness (QED) is 0.762. The van der Waals surface area contributed by atoms with Gasteiger partial charge in [-0.05, 0) is 52.6 Å². The van der Waals surface area contributed by atoms with Crippen molar-refractivity contribution in [1.29, 1.82) is 0 Å². The number of ether oxygens (including phenoxy) is 1. The number of hydrogen-bond acceptors (Lipinski definition) is 3. The second kappa shape index (κ2) is 7.67. The van der Waals surface area contributed by atoms with Crippen LogP contribution in [0.3, 0.4) is 0 Å². The molecule has 17 heavy (non-hydrogen) atoms. The van der Waals surface area contributed by atoms with Crippen molar-refractivity contribution in [2.75, 3.05) is 32.8 Å². The zero-order valence-electron chi connectivity index (χ0n) is 11.4. The van der Waals surface area contributed by atoms with Gasteiger partial charge in [0.05, 0.1) is 0 Å². The van der Waals surface area contributed by atoms with Crippen molar-refractivity contribution in [3.8, 4) is 0 Å². The molecule has 1 N–H and O–H groups in total. The third kappa shape index (κ3) is 5.50. The molecule has 4 heteroatoms. The fraction of sp³-hybridized carbons (Fsp3) is 0.923. The van der Waals surface area contributed by atoms with Gasteiger partial charge in [-0.2, -0.15) is 0 Å². The van der Waals surface area contributed by atoms with Crippen molar-refractivity contribution in [3.05, 3.63) is 0 Å². The van der Waals surface area contributed by atoms with Crippen LogP contribution in [0.25, 0.3) is 0 Å². The minimum Gasteiger partial charge on any atom is -0.372 e. The van der Waals surface area contributed by atoms with Gasteiger partial charge >= 0.3 is 0 Å². The third-order valence-corrected chi connectivity index (χ3v) is 3.40. The number of piperidine rings is 1. The van der Waals surface area contributed by atoms with E-state index in [0.29, 0.717) is 18.6 Å². The molecule has 0 spiro atoms. The van der Waals surface area contributed by atoms with Crippen LogP contribution in [0, 0.1) is 5.92 Å². The minimum absolute atomic E-state index is 0.0122. The number of rotatable bonds is 6. The monoisotopic (exact) mass is 242 g/mol. The lowest BCUT2D eigenvalue weighted by atomic mass is 9.96. The van der Waals surface area contributed by atoms with E-state index in [1.807, 2.05) is 6.92 Å². The van der Waals surface area contributed by atoms with Crippen LogP contribution in [0.15, 0.2) is 0 Å². The van der Waals surface area contributed by atoms with Crippen LogP contribution in [0.4, 0.5) is 0 Å². The molecule has 1 heterocycles. The Labute approximate surface area is 105 Å². The fourth-order valence-electron chi connectivity index (χ4n) is 2.18. The first-order chi connectivity index (χ1) is 8.13. The van der Waals surface area contributed by atoms with Crippen molar-refractivity contribution in [3.63, 3.8) is 0 Å². The van der Waals surface area contributed by atoms with E-state index in [1.54, 1.807) is 0 Å². The fourth-order valence-corrected chi connectivity index (χ4v) is 2.18. The van der Waals surface area contributed by atoms with Gasteiger partial charge in [0.15, 0.2) is 0 Å². The highest BCUT2D eigenvalue weighted by molar-refractivity contribution is 5.77. The molecule has 0 saturated carbocycles. The molecule has 0 radical (unpaired) electrons. The van der Waals surface area contributed by atoms with E-state index in [2.05, 4.69) is 24.1 Å². The molecular weight excluding hydrogens is 216 g/mol. The first kappa shape index (κ1) is 14.5. The molecule has 0 aliphatic carbocycles. The predicted molar refractivity (Wildman–Crippen MR) is 68.9 cm³/mol. The average molecular weight is 242 g/mol. The van der Waals surface area contributed by atoms with E-state index in [9.17, 15) is 4.79 Å². The molecule has 1 saturated heterocycles. The van der Waals surface area contributed by atoms with Gasteiger partial charge < -0.3 is 15.0 Å². The second-order valence-corrected chi connectivity index (χ2v) is 5.01. The highest BCUT2D eigenvalue weighted by Crippen LogP contribution is 2.17. The Bertz CT molecular complexity index is 223. The molecule has 4 nitrogen and oxygen atoms in total. The minimum atomic E-state index is 0.0122. The van der Waals surface area contributed by atoms with E-state index in [4.69, 9.17) is 4.74 Å². The van der Waals surface area contributed by atoms with Crippen LogP contribution in [0.1, 0.15) is 33.6 Å². The summed E-state index contributed by atoms with van der Waals surface area (Å²) in [4.78, 5) is 13.9. The highest BCUT2D eigenvalue weighted by Gasteiger charge is 2.20. The van der Waals surface area contributed by atoms with Crippen LogP contribution in [-0.2, 0) is 9.53 Å². The molecule has 0 bridgehead atoms. The first-order valence-corrected chi connectivity index (χ1v) is 6.72. The zero-order valence-corrected chi connectivity index (χ0v) is 11.4.